The molecular weight excluding hydrogens is 266 g/mol. The Morgan fingerprint density at radius 2 is 2.14 bits per heavy atom. The first kappa shape index (κ1) is 13.8. The molecule has 1 atom stereocenters. The molecule has 5 heteroatoms. The highest BCUT2D eigenvalue weighted by Crippen LogP contribution is 2.22. The van der Waals surface area contributed by atoms with Crippen LogP contribution in [0, 0.1) is 0 Å². The molecule has 2 heterocycles. The zero-order valence-electron chi connectivity index (χ0n) is 11.8. The van der Waals surface area contributed by atoms with E-state index in [1.807, 2.05) is 29.2 Å². The van der Waals surface area contributed by atoms with Crippen molar-refractivity contribution < 1.29 is 4.79 Å². The summed E-state index contributed by atoms with van der Waals surface area (Å²) in [5, 5.41) is 0.781. The van der Waals surface area contributed by atoms with Crippen LogP contribution in [0.25, 0.3) is 10.9 Å². The van der Waals surface area contributed by atoms with Crippen LogP contribution in [0.2, 0.25) is 0 Å². The van der Waals surface area contributed by atoms with Crippen molar-refractivity contribution in [2.75, 3.05) is 13.1 Å². The van der Waals surface area contributed by atoms with E-state index in [-0.39, 0.29) is 17.5 Å². The zero-order chi connectivity index (χ0) is 14.8. The van der Waals surface area contributed by atoms with Crippen molar-refractivity contribution in [3.63, 3.8) is 0 Å². The standard InChI is InChI=1S/C16H19N3O2/c17-10-11-5-3-4-8-19(11)16(21)13-9-15(20)18-14-7-2-1-6-12(13)14/h1-2,6-7,9,11H,3-5,8,10,17H2,(H,18,20). The Morgan fingerprint density at radius 1 is 1.33 bits per heavy atom. The van der Waals surface area contributed by atoms with Gasteiger partial charge in [-0.15, -0.1) is 0 Å². The van der Waals surface area contributed by atoms with Gasteiger partial charge in [0.2, 0.25) is 5.56 Å². The number of aromatic nitrogens is 1. The summed E-state index contributed by atoms with van der Waals surface area (Å²) >= 11 is 0. The molecule has 3 N–H and O–H groups in total. The Labute approximate surface area is 122 Å². The zero-order valence-corrected chi connectivity index (χ0v) is 11.8. The highest BCUT2D eigenvalue weighted by Gasteiger charge is 2.27. The van der Waals surface area contributed by atoms with Crippen LogP contribution >= 0.6 is 0 Å². The van der Waals surface area contributed by atoms with Gasteiger partial charge >= 0.3 is 0 Å². The predicted molar refractivity (Wildman–Crippen MR) is 82.3 cm³/mol. The van der Waals surface area contributed by atoms with Crippen LogP contribution < -0.4 is 11.3 Å². The van der Waals surface area contributed by atoms with Gasteiger partial charge in [-0.25, -0.2) is 0 Å². The fourth-order valence-electron chi connectivity index (χ4n) is 3.05. The molecule has 1 aliphatic rings. The van der Waals surface area contributed by atoms with Gasteiger partial charge in [0.1, 0.15) is 0 Å². The molecule has 1 saturated heterocycles. The Balaban J connectivity index is 2.07. The van der Waals surface area contributed by atoms with Crippen molar-refractivity contribution in [2.45, 2.75) is 25.3 Å². The minimum atomic E-state index is -0.252. The van der Waals surface area contributed by atoms with Crippen molar-refractivity contribution in [1.82, 2.24) is 9.88 Å². The van der Waals surface area contributed by atoms with Crippen molar-refractivity contribution in [3.8, 4) is 0 Å². The molecule has 1 fully saturated rings. The van der Waals surface area contributed by atoms with Crippen LogP contribution in [0.5, 0.6) is 0 Å². The van der Waals surface area contributed by atoms with Crippen molar-refractivity contribution in [3.05, 3.63) is 46.2 Å². The number of para-hydroxylation sites is 1. The van der Waals surface area contributed by atoms with Crippen LogP contribution in [0.3, 0.4) is 0 Å². The predicted octanol–water partition coefficient (Wildman–Crippen LogP) is 1.48. The van der Waals surface area contributed by atoms with Gasteiger partial charge in [0, 0.05) is 36.1 Å². The third kappa shape index (κ3) is 2.56. The average Bonchev–Trinajstić information content (AvgIpc) is 2.53. The number of benzene rings is 1. The van der Waals surface area contributed by atoms with E-state index in [4.69, 9.17) is 5.73 Å². The van der Waals surface area contributed by atoms with Gasteiger partial charge < -0.3 is 15.6 Å². The fraction of sp³-hybridized carbons (Fsp3) is 0.375. The molecule has 0 bridgehead atoms. The van der Waals surface area contributed by atoms with Crippen molar-refractivity contribution >= 4 is 16.8 Å². The summed E-state index contributed by atoms with van der Waals surface area (Å²) in [5.74, 6) is -0.0903. The lowest BCUT2D eigenvalue weighted by molar-refractivity contribution is 0.0625. The number of pyridine rings is 1. The molecule has 0 aliphatic carbocycles. The number of fused-ring (bicyclic) bond motifs is 1. The van der Waals surface area contributed by atoms with Crippen LogP contribution in [0.15, 0.2) is 35.1 Å². The van der Waals surface area contributed by atoms with E-state index < -0.39 is 0 Å². The molecule has 1 aromatic carbocycles. The fourth-order valence-corrected chi connectivity index (χ4v) is 3.05. The monoisotopic (exact) mass is 285 g/mol. The smallest absolute Gasteiger partial charge is 0.255 e. The van der Waals surface area contributed by atoms with Gasteiger partial charge in [0.05, 0.1) is 5.56 Å². The number of nitrogens with one attached hydrogen (secondary N) is 1. The second kappa shape index (κ2) is 5.69. The summed E-state index contributed by atoms with van der Waals surface area (Å²) in [4.78, 5) is 29.2. The molecular formula is C16H19N3O2. The number of hydrogen-bond donors (Lipinski definition) is 2. The van der Waals surface area contributed by atoms with Crippen molar-refractivity contribution in [1.29, 1.82) is 0 Å². The summed E-state index contributed by atoms with van der Waals surface area (Å²) in [7, 11) is 0. The van der Waals surface area contributed by atoms with E-state index in [2.05, 4.69) is 4.98 Å². The molecule has 0 spiro atoms. The van der Waals surface area contributed by atoms with Crippen LogP contribution in [-0.4, -0.2) is 34.9 Å². The molecule has 5 nitrogen and oxygen atoms in total. The lowest BCUT2D eigenvalue weighted by atomic mass is 10.00. The van der Waals surface area contributed by atoms with Crippen LogP contribution in [-0.2, 0) is 0 Å². The summed E-state index contributed by atoms with van der Waals surface area (Å²) < 4.78 is 0. The lowest BCUT2D eigenvalue weighted by Crippen LogP contribution is -2.47. The second-order valence-corrected chi connectivity index (χ2v) is 5.48. The number of H-pyrrole nitrogens is 1. The molecule has 1 amide bonds. The maximum absolute atomic E-state index is 12.9. The second-order valence-electron chi connectivity index (χ2n) is 5.48. The first-order valence-electron chi connectivity index (χ1n) is 7.34. The number of nitrogens with zero attached hydrogens (tertiary/aromatic N) is 1. The number of carbonyl (C=O) groups is 1. The Bertz CT molecular complexity index is 723. The molecule has 1 aliphatic heterocycles. The normalized spacial score (nSPS) is 18.9. The largest absolute Gasteiger partial charge is 0.334 e. The quantitative estimate of drug-likeness (QED) is 0.877. The average molecular weight is 285 g/mol. The minimum Gasteiger partial charge on any atom is -0.334 e. The first-order chi connectivity index (χ1) is 10.2. The number of amides is 1. The third-order valence-corrected chi connectivity index (χ3v) is 4.14. The number of aromatic amines is 1. The van der Waals surface area contributed by atoms with E-state index in [1.54, 1.807) is 0 Å². The number of nitrogens with two attached hydrogens (primary N) is 1. The molecule has 0 saturated carbocycles. The Hall–Kier alpha value is -2.14. The molecule has 0 radical (unpaired) electrons. The Morgan fingerprint density at radius 3 is 2.95 bits per heavy atom. The van der Waals surface area contributed by atoms with Gasteiger partial charge in [0.15, 0.2) is 0 Å². The number of carbonyl (C=O) groups excluding carboxylic acids is 1. The van der Waals surface area contributed by atoms with Gasteiger partial charge in [0.25, 0.3) is 5.91 Å². The molecule has 1 unspecified atom stereocenters. The number of likely N-dealkylation sites (tertiary alicyclic amines) is 1. The first-order valence-corrected chi connectivity index (χ1v) is 7.34. The molecule has 1 aromatic heterocycles. The minimum absolute atomic E-state index is 0.0734. The molecule has 3 rings (SSSR count). The van der Waals surface area contributed by atoms with E-state index in [1.165, 1.54) is 6.07 Å². The van der Waals surface area contributed by atoms with E-state index in [9.17, 15) is 9.59 Å². The molecule has 21 heavy (non-hydrogen) atoms. The summed E-state index contributed by atoms with van der Waals surface area (Å²) in [6.07, 6.45) is 3.02. The van der Waals surface area contributed by atoms with Crippen LogP contribution in [0.1, 0.15) is 29.6 Å². The van der Waals surface area contributed by atoms with E-state index in [0.717, 1.165) is 24.6 Å². The molecule has 110 valence electrons. The number of piperidine rings is 1. The van der Waals surface area contributed by atoms with Gasteiger partial charge in [-0.1, -0.05) is 18.2 Å². The van der Waals surface area contributed by atoms with Crippen LogP contribution in [0.4, 0.5) is 0 Å². The summed E-state index contributed by atoms with van der Waals surface area (Å²) in [6, 6.07) is 8.85. The van der Waals surface area contributed by atoms with Gasteiger partial charge in [-0.3, -0.25) is 9.59 Å². The van der Waals surface area contributed by atoms with Gasteiger partial charge in [-0.2, -0.15) is 0 Å². The van der Waals surface area contributed by atoms with E-state index in [0.29, 0.717) is 24.2 Å². The van der Waals surface area contributed by atoms with E-state index >= 15 is 0 Å². The maximum atomic E-state index is 12.9. The number of hydrogen-bond acceptors (Lipinski definition) is 3. The highest BCUT2D eigenvalue weighted by molar-refractivity contribution is 6.06. The SMILES string of the molecule is NCC1CCCCN1C(=O)c1cc(=O)[nH]c2ccccc12. The lowest BCUT2D eigenvalue weighted by Gasteiger charge is -2.35. The third-order valence-electron chi connectivity index (χ3n) is 4.14. The maximum Gasteiger partial charge on any atom is 0.255 e. The number of rotatable bonds is 2. The Kier molecular flexibility index (Phi) is 3.75. The topological polar surface area (TPSA) is 79.2 Å². The van der Waals surface area contributed by atoms with Gasteiger partial charge in [-0.05, 0) is 25.3 Å². The summed E-state index contributed by atoms with van der Waals surface area (Å²) in [6.45, 7) is 1.18. The van der Waals surface area contributed by atoms with Crippen molar-refractivity contribution in [2.24, 2.45) is 5.73 Å². The highest BCUT2D eigenvalue weighted by atomic mass is 16.2. The molecule has 2 aromatic rings. The summed E-state index contributed by atoms with van der Waals surface area (Å²) in [5.41, 5.74) is 6.70.